The zero-order valence-electron chi connectivity index (χ0n) is 16.4. The summed E-state index contributed by atoms with van der Waals surface area (Å²) in [4.78, 5) is 16.8. The summed E-state index contributed by atoms with van der Waals surface area (Å²) in [5, 5.41) is 19.4. The fourth-order valence-electron chi connectivity index (χ4n) is 3.47. The summed E-state index contributed by atoms with van der Waals surface area (Å²) in [6, 6.07) is 10.7. The van der Waals surface area contributed by atoms with Crippen molar-refractivity contribution in [2.45, 2.75) is 6.67 Å². The molecule has 1 fully saturated rings. The second-order valence-electron chi connectivity index (χ2n) is 7.34. The van der Waals surface area contributed by atoms with E-state index >= 15 is 0 Å². The molecule has 0 radical (unpaired) electrons. The van der Waals surface area contributed by atoms with Crippen LogP contribution in [-0.4, -0.2) is 58.6 Å². The average Bonchev–Trinajstić information content (AvgIpc) is 2.98. The minimum absolute atomic E-state index is 0.0438. The van der Waals surface area contributed by atoms with Crippen LogP contribution in [0.1, 0.15) is 10.4 Å². The van der Waals surface area contributed by atoms with E-state index in [0.29, 0.717) is 12.1 Å². The summed E-state index contributed by atoms with van der Waals surface area (Å²) in [5.41, 5.74) is 1.26. The second kappa shape index (κ2) is 8.63. The summed E-state index contributed by atoms with van der Waals surface area (Å²) < 4.78 is 15.7. The average molecular weight is 474 g/mol. The van der Waals surface area contributed by atoms with Crippen molar-refractivity contribution in [2.75, 3.05) is 33.2 Å². The van der Waals surface area contributed by atoms with E-state index in [4.69, 9.17) is 0 Å². The third-order valence-electron chi connectivity index (χ3n) is 5.24. The number of likely N-dealkylation sites (N-methyl/N-ethyl adjacent to an activating group) is 1. The highest BCUT2D eigenvalue weighted by atomic mass is 79.9. The molecular weight excluding hydrogens is 453 g/mol. The predicted octanol–water partition coefficient (Wildman–Crippen LogP) is 4.38. The first-order chi connectivity index (χ1) is 14.4. The van der Waals surface area contributed by atoms with E-state index in [0.717, 1.165) is 36.2 Å². The van der Waals surface area contributed by atoms with Crippen molar-refractivity contribution in [2.24, 2.45) is 10.2 Å². The van der Waals surface area contributed by atoms with Gasteiger partial charge in [0.15, 0.2) is 5.69 Å². The van der Waals surface area contributed by atoms with Crippen molar-refractivity contribution in [3.8, 4) is 5.88 Å². The molecule has 0 saturated carbocycles. The molecule has 2 aromatic carbocycles. The lowest BCUT2D eigenvalue weighted by Gasteiger charge is -2.32. The number of aromatic hydroxyl groups is 1. The number of nitrogens with zero attached hydrogens (tertiary/aromatic N) is 5. The predicted molar refractivity (Wildman–Crippen MR) is 116 cm³/mol. The Kier molecular flexibility index (Phi) is 5.94. The maximum atomic E-state index is 13.1. The van der Waals surface area contributed by atoms with Crippen molar-refractivity contribution in [1.82, 2.24) is 14.4 Å². The van der Waals surface area contributed by atoms with Gasteiger partial charge in [0, 0.05) is 41.6 Å². The Morgan fingerprint density at radius 3 is 2.53 bits per heavy atom. The molecule has 1 aliphatic rings. The van der Waals surface area contributed by atoms with Gasteiger partial charge < -0.3 is 10.0 Å². The molecule has 2 heterocycles. The zero-order valence-corrected chi connectivity index (χ0v) is 18.0. The first-order valence-corrected chi connectivity index (χ1v) is 10.3. The normalized spacial score (nSPS) is 16.0. The molecule has 1 aromatic heterocycles. The van der Waals surface area contributed by atoms with Crippen LogP contribution < -0.4 is 0 Å². The fourth-order valence-corrected chi connectivity index (χ4v) is 3.83. The first-order valence-electron chi connectivity index (χ1n) is 9.55. The van der Waals surface area contributed by atoms with E-state index in [1.165, 1.54) is 24.3 Å². The van der Waals surface area contributed by atoms with E-state index < -0.39 is 11.7 Å². The van der Waals surface area contributed by atoms with Crippen LogP contribution in [0.4, 0.5) is 10.1 Å². The van der Waals surface area contributed by atoms with Crippen molar-refractivity contribution in [3.63, 3.8) is 0 Å². The molecule has 0 aliphatic carbocycles. The maximum absolute atomic E-state index is 13.1. The number of aromatic nitrogens is 1. The van der Waals surface area contributed by atoms with Gasteiger partial charge in [0.1, 0.15) is 5.82 Å². The Hall–Kier alpha value is -2.62. The van der Waals surface area contributed by atoms with Gasteiger partial charge in [-0.25, -0.2) is 4.39 Å². The van der Waals surface area contributed by atoms with Crippen molar-refractivity contribution >= 4 is 38.4 Å². The highest BCUT2D eigenvalue weighted by molar-refractivity contribution is 9.10. The summed E-state index contributed by atoms with van der Waals surface area (Å²) in [6.45, 7) is 4.23. The summed E-state index contributed by atoms with van der Waals surface area (Å²) in [7, 11) is 2.09. The van der Waals surface area contributed by atoms with E-state index in [9.17, 15) is 14.3 Å². The van der Waals surface area contributed by atoms with Crippen molar-refractivity contribution < 1.29 is 14.3 Å². The number of benzene rings is 2. The topological polar surface area (TPSA) is 73.4 Å². The molecule has 1 aliphatic heterocycles. The lowest BCUT2D eigenvalue weighted by Crippen LogP contribution is -2.44. The summed E-state index contributed by atoms with van der Waals surface area (Å²) in [5.74, 6) is -1.08. The Balaban J connectivity index is 1.67. The SMILES string of the molecule is CN1CCN(Cn2c(O)c(N=NC(=O)c3ccc(F)cc3)c3cc(Br)ccc32)CC1. The van der Waals surface area contributed by atoms with Crippen molar-refractivity contribution in [1.29, 1.82) is 0 Å². The first kappa shape index (κ1) is 20.6. The molecule has 0 bridgehead atoms. The standard InChI is InChI=1S/C21H21BrFN5O2/c1-26-8-10-27(11-9-26)13-28-18-7-4-15(22)12-17(18)19(21(28)30)24-25-20(29)14-2-5-16(23)6-3-14/h2-7,12,30H,8-11,13H2,1H3. The third-order valence-corrected chi connectivity index (χ3v) is 5.73. The lowest BCUT2D eigenvalue weighted by molar-refractivity contribution is 0.0995. The number of halogens is 2. The van der Waals surface area contributed by atoms with Gasteiger partial charge in [0.05, 0.1) is 12.2 Å². The molecule has 7 nitrogen and oxygen atoms in total. The Morgan fingerprint density at radius 2 is 1.83 bits per heavy atom. The largest absolute Gasteiger partial charge is 0.493 e. The number of hydrogen-bond acceptors (Lipinski definition) is 5. The molecule has 1 N–H and O–H groups in total. The number of fused-ring (bicyclic) bond motifs is 1. The zero-order chi connectivity index (χ0) is 21.3. The fraction of sp³-hybridized carbons (Fsp3) is 0.286. The van der Waals surface area contributed by atoms with Crippen molar-refractivity contribution in [3.05, 3.63) is 58.3 Å². The van der Waals surface area contributed by atoms with Gasteiger partial charge in [0.2, 0.25) is 5.88 Å². The number of piperazine rings is 1. The quantitative estimate of drug-likeness (QED) is 0.570. The van der Waals surface area contributed by atoms with Crippen LogP contribution in [0.25, 0.3) is 10.9 Å². The van der Waals surface area contributed by atoms with Gasteiger partial charge in [-0.05, 0) is 49.5 Å². The van der Waals surface area contributed by atoms with Crippen LogP contribution in [0.3, 0.4) is 0 Å². The molecule has 30 heavy (non-hydrogen) atoms. The van der Waals surface area contributed by atoms with Crippen LogP contribution >= 0.6 is 15.9 Å². The van der Waals surface area contributed by atoms with Gasteiger partial charge >= 0.3 is 0 Å². The minimum atomic E-state index is -0.607. The molecule has 1 saturated heterocycles. The second-order valence-corrected chi connectivity index (χ2v) is 8.25. The smallest absolute Gasteiger partial charge is 0.295 e. The van der Waals surface area contributed by atoms with Crippen LogP contribution in [0.15, 0.2) is 57.2 Å². The van der Waals surface area contributed by atoms with Gasteiger partial charge in [-0.3, -0.25) is 14.3 Å². The number of amides is 1. The molecule has 0 spiro atoms. The Morgan fingerprint density at radius 1 is 1.13 bits per heavy atom. The molecule has 0 unspecified atom stereocenters. The van der Waals surface area contributed by atoms with E-state index in [1.54, 1.807) is 4.57 Å². The van der Waals surface area contributed by atoms with Gasteiger partial charge in [0.25, 0.3) is 5.91 Å². The molecule has 9 heteroatoms. The Labute approximate surface area is 181 Å². The number of hydrogen-bond donors (Lipinski definition) is 1. The highest BCUT2D eigenvalue weighted by Gasteiger charge is 2.21. The van der Waals surface area contributed by atoms with Crippen LogP contribution in [0.2, 0.25) is 0 Å². The number of azo groups is 1. The van der Waals surface area contributed by atoms with Crippen LogP contribution in [0.5, 0.6) is 5.88 Å². The third kappa shape index (κ3) is 4.28. The molecular formula is C21H21BrFN5O2. The lowest BCUT2D eigenvalue weighted by atomic mass is 10.2. The number of carbonyl (C=O) groups excluding carboxylic acids is 1. The van der Waals surface area contributed by atoms with E-state index in [2.05, 4.69) is 43.0 Å². The molecule has 3 aromatic rings. The van der Waals surface area contributed by atoms with Gasteiger partial charge in [-0.1, -0.05) is 15.9 Å². The van der Waals surface area contributed by atoms with Gasteiger partial charge in [-0.2, -0.15) is 0 Å². The number of carbonyl (C=O) groups is 1. The van der Waals surface area contributed by atoms with Gasteiger partial charge in [-0.15, -0.1) is 10.2 Å². The Bertz CT molecular complexity index is 1100. The van der Waals surface area contributed by atoms with Crippen LogP contribution in [-0.2, 0) is 6.67 Å². The molecule has 156 valence electrons. The summed E-state index contributed by atoms with van der Waals surface area (Å²) >= 11 is 3.45. The molecule has 4 rings (SSSR count). The minimum Gasteiger partial charge on any atom is -0.493 e. The van der Waals surface area contributed by atoms with Crippen LogP contribution in [0, 0.1) is 5.82 Å². The van der Waals surface area contributed by atoms with E-state index in [1.807, 2.05) is 18.2 Å². The molecule has 1 amide bonds. The van der Waals surface area contributed by atoms with E-state index in [-0.39, 0.29) is 17.1 Å². The maximum Gasteiger partial charge on any atom is 0.295 e. The number of rotatable bonds is 4. The molecule has 0 atom stereocenters. The summed E-state index contributed by atoms with van der Waals surface area (Å²) in [6.07, 6.45) is 0. The highest BCUT2D eigenvalue weighted by Crippen LogP contribution is 2.40. The monoisotopic (exact) mass is 473 g/mol.